The first-order valence-corrected chi connectivity index (χ1v) is 25.3. The second-order valence-electron chi connectivity index (χ2n) is 20.2. The van der Waals surface area contributed by atoms with Crippen LogP contribution in [0.15, 0.2) is 88.6 Å². The lowest BCUT2D eigenvalue weighted by Gasteiger charge is -2.56. The van der Waals surface area contributed by atoms with E-state index in [0.29, 0.717) is 69.0 Å². The average molecular weight is 948 g/mol. The Morgan fingerprint density at radius 1 is 1.06 bits per heavy atom. The summed E-state index contributed by atoms with van der Waals surface area (Å²) in [6.07, 6.45) is 13.2. The smallest absolute Gasteiger partial charge is 0.297 e. The van der Waals surface area contributed by atoms with Crippen LogP contribution in [0.3, 0.4) is 0 Å². The number of furan rings is 1. The van der Waals surface area contributed by atoms with Gasteiger partial charge in [-0.2, -0.15) is 0 Å². The number of anilines is 2. The van der Waals surface area contributed by atoms with Gasteiger partial charge in [-0.25, -0.2) is 22.5 Å². The van der Waals surface area contributed by atoms with Gasteiger partial charge in [0.1, 0.15) is 27.9 Å². The van der Waals surface area contributed by atoms with Crippen molar-refractivity contribution in [3.05, 3.63) is 112 Å². The number of H-pyrrole nitrogens is 1. The molecule has 358 valence electrons. The fraction of sp³-hybridized carbons (Fsp3) is 0.451. The lowest BCUT2D eigenvalue weighted by molar-refractivity contribution is -0.384. The highest BCUT2D eigenvalue weighted by Gasteiger charge is 2.50. The maximum atomic E-state index is 16.5. The standard InChI is InChI=1S/C51H58FN7O8S/c1-31(2)36-7-4-5-8-37(36)41-9-6-19-58(41)34-27-51(28-34)16-20-57(21-17-51)42-25-44(67-35-23-33-12-18-53-48(33)55-30-35)39(24-40(42)52)49(60)56-68(64,65)45-26-43(59(62)63)46(47-38(45)13-22-66-47)54-29-32-10-14-50(3,61)15-11-32/h4-5,7-8,12-13,18,22-26,30-32,34,41,54,61H,6,9-11,14-17,19-21,27-29H2,1-3H3,(H,53,55)(H,56,60)/t32-,41-,50-/m0/s1. The predicted octanol–water partition coefficient (Wildman–Crippen LogP) is 10.3. The molecule has 1 atom stereocenters. The van der Waals surface area contributed by atoms with Crippen molar-refractivity contribution >= 4 is 55.0 Å². The Morgan fingerprint density at radius 2 is 1.82 bits per heavy atom. The average Bonchev–Trinajstić information content (AvgIpc) is 4.10. The highest BCUT2D eigenvalue weighted by Crippen LogP contribution is 2.54. The van der Waals surface area contributed by atoms with Gasteiger partial charge in [0.15, 0.2) is 11.3 Å². The Hall–Kier alpha value is -6.04. The quantitative estimate of drug-likeness (QED) is 0.0633. The number of likely N-dealkylation sites (tertiary alicyclic amines) is 1. The molecule has 0 unspecified atom stereocenters. The fourth-order valence-corrected chi connectivity index (χ4v) is 12.6. The molecular formula is C51H58FN7O8S. The van der Waals surface area contributed by atoms with Crippen LogP contribution in [0, 0.1) is 27.3 Å². The molecule has 3 aromatic carbocycles. The zero-order chi connectivity index (χ0) is 47.5. The molecular weight excluding hydrogens is 890 g/mol. The summed E-state index contributed by atoms with van der Waals surface area (Å²) in [6, 6.07) is 18.0. The minimum atomic E-state index is -4.85. The van der Waals surface area contributed by atoms with Crippen molar-refractivity contribution in [3.8, 4) is 11.5 Å². The van der Waals surface area contributed by atoms with Crippen LogP contribution in [0.5, 0.6) is 11.5 Å². The summed E-state index contributed by atoms with van der Waals surface area (Å²) in [5, 5.41) is 26.7. The number of halogens is 1. The number of nitrogens with zero attached hydrogens (tertiary/aromatic N) is 4. The number of carbonyl (C=O) groups excluding carboxylic acids is 1. The normalized spacial score (nSPS) is 22.2. The van der Waals surface area contributed by atoms with Gasteiger partial charge in [-0.3, -0.25) is 19.8 Å². The number of hydrogen-bond acceptors (Lipinski definition) is 12. The third-order valence-electron chi connectivity index (χ3n) is 15.3. The third-order valence-corrected chi connectivity index (χ3v) is 16.7. The van der Waals surface area contributed by atoms with Gasteiger partial charge in [0, 0.05) is 60.8 Å². The molecule has 3 aromatic heterocycles. The summed E-state index contributed by atoms with van der Waals surface area (Å²) in [5.74, 6) is -1.23. The van der Waals surface area contributed by atoms with Crippen molar-refractivity contribution in [3.63, 3.8) is 0 Å². The molecule has 4 N–H and O–H groups in total. The number of nitro groups is 1. The maximum absolute atomic E-state index is 16.5. The number of pyridine rings is 1. The number of rotatable bonds is 13. The molecule has 2 aliphatic carbocycles. The van der Waals surface area contributed by atoms with E-state index in [1.807, 2.05) is 9.62 Å². The Bertz CT molecular complexity index is 3000. The molecule has 2 aliphatic heterocycles. The maximum Gasteiger partial charge on any atom is 0.297 e. The first-order valence-electron chi connectivity index (χ1n) is 23.8. The van der Waals surface area contributed by atoms with E-state index in [4.69, 9.17) is 9.15 Å². The van der Waals surface area contributed by atoms with Crippen LogP contribution in [-0.4, -0.2) is 77.0 Å². The molecule has 5 heterocycles. The number of piperidine rings is 1. The number of nitro benzene ring substituents is 1. The van der Waals surface area contributed by atoms with Gasteiger partial charge in [0.25, 0.3) is 21.6 Å². The highest BCUT2D eigenvalue weighted by atomic mass is 32.2. The number of carbonyl (C=O) groups is 1. The fourth-order valence-electron chi connectivity index (χ4n) is 11.5. The van der Waals surface area contributed by atoms with Gasteiger partial charge < -0.3 is 29.5 Å². The van der Waals surface area contributed by atoms with Crippen molar-refractivity contribution in [1.29, 1.82) is 0 Å². The first-order chi connectivity index (χ1) is 32.6. The largest absolute Gasteiger partial charge is 0.462 e. The number of aromatic amines is 1. The van der Waals surface area contributed by atoms with Crippen LogP contribution < -0.4 is 19.7 Å². The SMILES string of the molecule is CC(C)c1ccccc1[C@@H]1CCCN1C1CC2(CCN(c3cc(Oc4cnc5[nH]ccc5c4)c(C(=O)NS(=O)(=O)c4cc([N+](=O)[O-])c(NC[C@H]5CC[C@](C)(O)CC5)c5occc45)cc3F)CC2)C1. The summed E-state index contributed by atoms with van der Waals surface area (Å²) in [7, 11) is -4.85. The van der Waals surface area contributed by atoms with E-state index < -0.39 is 48.4 Å². The number of nitrogens with one attached hydrogen (secondary N) is 3. The van der Waals surface area contributed by atoms with E-state index in [2.05, 4.69) is 58.3 Å². The molecule has 4 fully saturated rings. The molecule has 0 bridgehead atoms. The zero-order valence-corrected chi connectivity index (χ0v) is 39.4. The molecule has 0 radical (unpaired) electrons. The van der Waals surface area contributed by atoms with Crippen LogP contribution >= 0.6 is 0 Å². The number of fused-ring (bicyclic) bond motifs is 2. The van der Waals surface area contributed by atoms with Crippen LogP contribution in [0.4, 0.5) is 21.5 Å². The molecule has 1 amide bonds. The van der Waals surface area contributed by atoms with E-state index >= 15 is 4.39 Å². The zero-order valence-electron chi connectivity index (χ0n) is 38.6. The number of ether oxygens (including phenoxy) is 1. The lowest BCUT2D eigenvalue weighted by Crippen LogP contribution is -2.55. The molecule has 2 saturated carbocycles. The summed E-state index contributed by atoms with van der Waals surface area (Å²) >= 11 is 0. The summed E-state index contributed by atoms with van der Waals surface area (Å²) in [5.41, 5.74) is 2.07. The second-order valence-corrected chi connectivity index (χ2v) is 21.8. The lowest BCUT2D eigenvalue weighted by atomic mass is 9.59. The minimum Gasteiger partial charge on any atom is -0.462 e. The Morgan fingerprint density at radius 3 is 2.57 bits per heavy atom. The van der Waals surface area contributed by atoms with Gasteiger partial charge in [0.2, 0.25) is 0 Å². The van der Waals surface area contributed by atoms with Gasteiger partial charge in [-0.05, 0) is 130 Å². The monoisotopic (exact) mass is 947 g/mol. The number of benzene rings is 3. The number of aromatic nitrogens is 2. The Balaban J connectivity index is 0.887. The molecule has 15 nitrogen and oxygen atoms in total. The van der Waals surface area contributed by atoms with Crippen molar-refractivity contribution < 1.29 is 36.8 Å². The van der Waals surface area contributed by atoms with Crippen molar-refractivity contribution in [2.75, 3.05) is 36.4 Å². The number of sulfonamides is 1. The molecule has 68 heavy (non-hydrogen) atoms. The Kier molecular flexibility index (Phi) is 12.0. The van der Waals surface area contributed by atoms with E-state index in [-0.39, 0.29) is 45.2 Å². The molecule has 2 saturated heterocycles. The Labute approximate surface area is 394 Å². The first kappa shape index (κ1) is 45.7. The van der Waals surface area contributed by atoms with Crippen LogP contribution in [0.25, 0.3) is 22.0 Å². The van der Waals surface area contributed by atoms with Crippen molar-refractivity contribution in [1.82, 2.24) is 19.6 Å². The van der Waals surface area contributed by atoms with E-state index in [0.717, 1.165) is 56.2 Å². The molecule has 17 heteroatoms. The topological polar surface area (TPSA) is 196 Å². The summed E-state index contributed by atoms with van der Waals surface area (Å²) in [4.78, 5) is 37.5. The van der Waals surface area contributed by atoms with E-state index in [1.165, 1.54) is 42.1 Å². The minimum absolute atomic E-state index is 0.00297. The van der Waals surface area contributed by atoms with Crippen LogP contribution in [-0.2, 0) is 10.0 Å². The molecule has 10 rings (SSSR count). The second kappa shape index (κ2) is 17.8. The van der Waals surface area contributed by atoms with Gasteiger partial charge in [0.05, 0.1) is 34.2 Å². The van der Waals surface area contributed by atoms with Gasteiger partial charge in [-0.1, -0.05) is 38.1 Å². The third kappa shape index (κ3) is 8.79. The summed E-state index contributed by atoms with van der Waals surface area (Å²) < 4.78 is 58.9. The molecule has 4 aliphatic rings. The van der Waals surface area contributed by atoms with Crippen LogP contribution in [0.2, 0.25) is 0 Å². The number of aliphatic hydroxyl groups is 1. The highest BCUT2D eigenvalue weighted by molar-refractivity contribution is 7.90. The van der Waals surface area contributed by atoms with E-state index in [9.17, 15) is 28.4 Å². The van der Waals surface area contributed by atoms with Gasteiger partial charge >= 0.3 is 0 Å². The van der Waals surface area contributed by atoms with Crippen molar-refractivity contribution in [2.24, 2.45) is 11.3 Å². The van der Waals surface area contributed by atoms with E-state index in [1.54, 1.807) is 25.3 Å². The van der Waals surface area contributed by atoms with Gasteiger partial charge in [-0.15, -0.1) is 0 Å². The van der Waals surface area contributed by atoms with Crippen molar-refractivity contribution in [2.45, 2.75) is 113 Å². The molecule has 1 spiro atoms. The number of hydrogen-bond donors (Lipinski definition) is 4. The number of amides is 1. The summed E-state index contributed by atoms with van der Waals surface area (Å²) in [6.45, 7) is 8.92. The predicted molar refractivity (Wildman–Crippen MR) is 257 cm³/mol. The molecule has 6 aromatic rings. The van der Waals surface area contributed by atoms with Crippen LogP contribution in [0.1, 0.15) is 118 Å².